The highest BCUT2D eigenvalue weighted by Gasteiger charge is 2.31. The predicted octanol–water partition coefficient (Wildman–Crippen LogP) is 3.87. The van der Waals surface area contributed by atoms with Crippen LogP contribution in [0.4, 0.5) is 0 Å². The molecule has 3 rings (SSSR count). The first-order chi connectivity index (χ1) is 13.9. The van der Waals surface area contributed by atoms with Crippen molar-refractivity contribution in [2.45, 2.75) is 51.0 Å². The summed E-state index contributed by atoms with van der Waals surface area (Å²) in [6.07, 6.45) is 2.76. The van der Waals surface area contributed by atoms with E-state index >= 15 is 0 Å². The molecule has 6 heteroatoms. The number of amides is 1. The van der Waals surface area contributed by atoms with Gasteiger partial charge in [-0.1, -0.05) is 50.2 Å². The van der Waals surface area contributed by atoms with Crippen molar-refractivity contribution < 1.29 is 13.2 Å². The number of benzene rings is 2. The van der Waals surface area contributed by atoms with Crippen molar-refractivity contribution in [3.8, 4) is 0 Å². The van der Waals surface area contributed by atoms with Crippen molar-refractivity contribution in [3.05, 3.63) is 65.2 Å². The second kappa shape index (κ2) is 9.09. The lowest BCUT2D eigenvalue weighted by molar-refractivity contribution is 0.0735. The van der Waals surface area contributed by atoms with E-state index in [0.29, 0.717) is 25.2 Å². The number of likely N-dealkylation sites (tertiary alicyclic amines) is 1. The fourth-order valence-electron chi connectivity index (χ4n) is 4.06. The molecule has 0 N–H and O–H groups in total. The van der Waals surface area contributed by atoms with Gasteiger partial charge in [-0.15, -0.1) is 0 Å². The number of hydrogen-bond donors (Lipinski definition) is 0. The molecule has 1 aliphatic heterocycles. The normalized spacial score (nSPS) is 17.1. The molecular formula is C23H30N2O3S. The van der Waals surface area contributed by atoms with Crippen LogP contribution >= 0.6 is 0 Å². The summed E-state index contributed by atoms with van der Waals surface area (Å²) in [5, 5.41) is 0. The van der Waals surface area contributed by atoms with Crippen molar-refractivity contribution in [1.29, 1.82) is 0 Å². The van der Waals surface area contributed by atoms with E-state index in [4.69, 9.17) is 0 Å². The minimum absolute atomic E-state index is 0.0717. The molecule has 5 nitrogen and oxygen atoms in total. The predicted molar refractivity (Wildman–Crippen MR) is 115 cm³/mol. The van der Waals surface area contributed by atoms with Gasteiger partial charge in [0.2, 0.25) is 10.0 Å². The first-order valence-corrected chi connectivity index (χ1v) is 11.8. The van der Waals surface area contributed by atoms with Crippen LogP contribution in [0, 0.1) is 6.92 Å². The molecule has 1 amide bonds. The van der Waals surface area contributed by atoms with Gasteiger partial charge in [-0.2, -0.15) is 4.31 Å². The molecule has 1 unspecified atom stereocenters. The molecule has 1 saturated heterocycles. The number of carbonyl (C=O) groups excluding carboxylic acids is 1. The quantitative estimate of drug-likeness (QED) is 0.691. The lowest BCUT2D eigenvalue weighted by atomic mass is 10.0. The van der Waals surface area contributed by atoms with Crippen molar-refractivity contribution >= 4 is 15.9 Å². The van der Waals surface area contributed by atoms with E-state index in [9.17, 15) is 13.2 Å². The Hall–Kier alpha value is -2.18. The summed E-state index contributed by atoms with van der Waals surface area (Å²) in [4.78, 5) is 15.5. The van der Waals surface area contributed by atoms with Gasteiger partial charge in [0, 0.05) is 31.2 Å². The van der Waals surface area contributed by atoms with Crippen LogP contribution in [-0.4, -0.2) is 49.2 Å². The van der Waals surface area contributed by atoms with Crippen molar-refractivity contribution in [3.63, 3.8) is 0 Å². The van der Waals surface area contributed by atoms with Gasteiger partial charge in [0.05, 0.1) is 4.90 Å². The summed E-state index contributed by atoms with van der Waals surface area (Å²) in [5.74, 6) is -0.0717. The topological polar surface area (TPSA) is 57.7 Å². The maximum Gasteiger partial charge on any atom is 0.254 e. The molecular weight excluding hydrogens is 384 g/mol. The van der Waals surface area contributed by atoms with Gasteiger partial charge in [-0.25, -0.2) is 8.42 Å². The Bertz CT molecular complexity index is 953. The van der Waals surface area contributed by atoms with Crippen LogP contribution in [0.15, 0.2) is 53.4 Å². The average Bonchev–Trinajstić information content (AvgIpc) is 3.17. The van der Waals surface area contributed by atoms with E-state index in [-0.39, 0.29) is 16.8 Å². The number of hydrogen-bond acceptors (Lipinski definition) is 3. The summed E-state index contributed by atoms with van der Waals surface area (Å²) in [6.45, 7) is 7.02. The van der Waals surface area contributed by atoms with E-state index in [0.717, 1.165) is 24.8 Å². The summed E-state index contributed by atoms with van der Waals surface area (Å²) in [7, 11) is -3.60. The molecule has 2 aromatic rings. The Morgan fingerprint density at radius 1 is 1.10 bits per heavy atom. The standard InChI is InChI=1S/C23H30N2O3S/c1-4-24(5-2)29(27,28)21-14-13-18(3)22(17-21)23(26)25-15-9-12-20(25)16-19-10-7-6-8-11-19/h6-8,10-11,13-14,17,20H,4-5,9,12,15-16H2,1-3H3. The van der Waals surface area contributed by atoms with Gasteiger partial charge in [0.15, 0.2) is 0 Å². The van der Waals surface area contributed by atoms with E-state index in [2.05, 4.69) is 12.1 Å². The molecule has 1 aliphatic rings. The highest BCUT2D eigenvalue weighted by atomic mass is 32.2. The number of sulfonamides is 1. The minimum atomic E-state index is -3.60. The summed E-state index contributed by atoms with van der Waals surface area (Å²) in [6, 6.07) is 15.2. The molecule has 0 bridgehead atoms. The van der Waals surface area contributed by atoms with Gasteiger partial charge in [0.25, 0.3) is 5.91 Å². The molecule has 0 radical (unpaired) electrons. The van der Waals surface area contributed by atoms with Crippen LogP contribution in [0.3, 0.4) is 0 Å². The molecule has 0 spiro atoms. The Morgan fingerprint density at radius 3 is 2.45 bits per heavy atom. The third kappa shape index (κ3) is 4.54. The van der Waals surface area contributed by atoms with Crippen molar-refractivity contribution in [2.75, 3.05) is 19.6 Å². The van der Waals surface area contributed by atoms with Crippen LogP contribution in [0.5, 0.6) is 0 Å². The summed E-state index contributed by atoms with van der Waals surface area (Å²) >= 11 is 0. The Labute approximate surface area is 174 Å². The first-order valence-electron chi connectivity index (χ1n) is 10.3. The monoisotopic (exact) mass is 414 g/mol. The SMILES string of the molecule is CCN(CC)S(=O)(=O)c1ccc(C)c(C(=O)N2CCCC2Cc2ccccc2)c1. The van der Waals surface area contributed by atoms with E-state index < -0.39 is 10.0 Å². The summed E-state index contributed by atoms with van der Waals surface area (Å²) in [5.41, 5.74) is 2.50. The van der Waals surface area contributed by atoms with Crippen LogP contribution in [-0.2, 0) is 16.4 Å². The Morgan fingerprint density at radius 2 is 1.79 bits per heavy atom. The van der Waals surface area contributed by atoms with Gasteiger partial charge in [-0.05, 0) is 49.4 Å². The average molecular weight is 415 g/mol. The molecule has 2 aromatic carbocycles. The van der Waals surface area contributed by atoms with E-state index in [1.54, 1.807) is 18.2 Å². The van der Waals surface area contributed by atoms with Gasteiger partial charge >= 0.3 is 0 Å². The number of nitrogens with zero attached hydrogens (tertiary/aromatic N) is 2. The third-order valence-electron chi connectivity index (χ3n) is 5.73. The molecule has 0 saturated carbocycles. The zero-order chi connectivity index (χ0) is 21.0. The zero-order valence-corrected chi connectivity index (χ0v) is 18.3. The van der Waals surface area contributed by atoms with Crippen LogP contribution < -0.4 is 0 Å². The van der Waals surface area contributed by atoms with Crippen molar-refractivity contribution in [1.82, 2.24) is 9.21 Å². The minimum Gasteiger partial charge on any atom is -0.335 e. The second-order valence-corrected chi connectivity index (χ2v) is 9.49. The lowest BCUT2D eigenvalue weighted by Gasteiger charge is -2.26. The van der Waals surface area contributed by atoms with E-state index in [1.807, 2.05) is 43.9 Å². The molecule has 1 heterocycles. The van der Waals surface area contributed by atoms with Crippen LogP contribution in [0.2, 0.25) is 0 Å². The number of carbonyl (C=O) groups is 1. The fourth-order valence-corrected chi connectivity index (χ4v) is 5.55. The molecule has 156 valence electrons. The van der Waals surface area contributed by atoms with Gasteiger partial charge in [0.1, 0.15) is 0 Å². The fraction of sp³-hybridized carbons (Fsp3) is 0.435. The second-order valence-electron chi connectivity index (χ2n) is 7.55. The summed E-state index contributed by atoms with van der Waals surface area (Å²) < 4.78 is 27.2. The molecule has 0 aromatic heterocycles. The van der Waals surface area contributed by atoms with Crippen LogP contribution in [0.25, 0.3) is 0 Å². The van der Waals surface area contributed by atoms with Gasteiger partial charge in [-0.3, -0.25) is 4.79 Å². The van der Waals surface area contributed by atoms with Gasteiger partial charge < -0.3 is 4.90 Å². The number of aryl methyl sites for hydroxylation is 1. The molecule has 0 aliphatic carbocycles. The molecule has 1 fully saturated rings. The van der Waals surface area contributed by atoms with E-state index in [1.165, 1.54) is 9.87 Å². The maximum absolute atomic E-state index is 13.4. The largest absolute Gasteiger partial charge is 0.335 e. The first kappa shape index (κ1) is 21.5. The molecule has 29 heavy (non-hydrogen) atoms. The van der Waals surface area contributed by atoms with Crippen molar-refractivity contribution in [2.24, 2.45) is 0 Å². The third-order valence-corrected chi connectivity index (χ3v) is 7.78. The zero-order valence-electron chi connectivity index (χ0n) is 17.5. The Balaban J connectivity index is 1.88. The molecule has 1 atom stereocenters. The Kier molecular flexibility index (Phi) is 6.75. The smallest absolute Gasteiger partial charge is 0.254 e. The highest BCUT2D eigenvalue weighted by Crippen LogP contribution is 2.26. The van der Waals surface area contributed by atoms with Crippen LogP contribution in [0.1, 0.15) is 48.2 Å². The maximum atomic E-state index is 13.4. The highest BCUT2D eigenvalue weighted by molar-refractivity contribution is 7.89. The lowest BCUT2D eigenvalue weighted by Crippen LogP contribution is -2.37. The number of rotatable bonds is 7.